The molecule has 0 radical (unpaired) electrons. The van der Waals surface area contributed by atoms with E-state index in [2.05, 4.69) is 23.7 Å². The lowest BCUT2D eigenvalue weighted by molar-refractivity contribution is 0.198. The highest BCUT2D eigenvalue weighted by Gasteiger charge is 2.20. The van der Waals surface area contributed by atoms with Crippen LogP contribution in [0.2, 0.25) is 0 Å². The maximum absolute atomic E-state index is 5.05. The molecule has 1 aliphatic rings. The maximum Gasteiger partial charge on any atom is 0.106 e. The van der Waals surface area contributed by atoms with Crippen LogP contribution in [0, 0.1) is 6.92 Å². The fourth-order valence-corrected chi connectivity index (χ4v) is 2.86. The summed E-state index contributed by atoms with van der Waals surface area (Å²) in [5, 5.41) is 3.43. The Bertz CT molecular complexity index is 387. The number of imidazole rings is 1. The first-order valence-electron chi connectivity index (χ1n) is 7.00. The van der Waals surface area contributed by atoms with Gasteiger partial charge in [-0.15, -0.1) is 0 Å². The SMILES string of the molecule is COCCNCC(C)n1c(C)nc2c1CCCC2. The minimum Gasteiger partial charge on any atom is -0.383 e. The standard InChI is InChI=1S/C14H25N3O/c1-11(10-15-8-9-18-3)17-12(2)16-13-6-4-5-7-14(13)17/h11,15H,4-10H2,1-3H3. The second-order valence-electron chi connectivity index (χ2n) is 5.18. The van der Waals surface area contributed by atoms with Crippen molar-refractivity contribution in [3.8, 4) is 0 Å². The molecule has 2 rings (SSSR count). The van der Waals surface area contributed by atoms with Crippen LogP contribution in [0.5, 0.6) is 0 Å². The van der Waals surface area contributed by atoms with Crippen molar-refractivity contribution >= 4 is 0 Å². The number of nitrogens with one attached hydrogen (secondary N) is 1. The van der Waals surface area contributed by atoms with Crippen LogP contribution in [0.4, 0.5) is 0 Å². The molecule has 1 unspecified atom stereocenters. The number of rotatable bonds is 6. The molecule has 0 fully saturated rings. The first kappa shape index (κ1) is 13.6. The average Bonchev–Trinajstić information content (AvgIpc) is 2.70. The van der Waals surface area contributed by atoms with Crippen molar-refractivity contribution in [3.63, 3.8) is 0 Å². The zero-order valence-corrected chi connectivity index (χ0v) is 11.8. The Morgan fingerprint density at radius 2 is 2.17 bits per heavy atom. The Labute approximate surface area is 110 Å². The first-order valence-corrected chi connectivity index (χ1v) is 7.00. The van der Waals surface area contributed by atoms with Crippen LogP contribution in [-0.4, -0.2) is 36.4 Å². The highest BCUT2D eigenvalue weighted by Crippen LogP contribution is 2.24. The van der Waals surface area contributed by atoms with Gasteiger partial charge in [-0.2, -0.15) is 0 Å². The van der Waals surface area contributed by atoms with Crippen molar-refractivity contribution < 1.29 is 4.74 Å². The topological polar surface area (TPSA) is 39.1 Å². The maximum atomic E-state index is 5.05. The van der Waals surface area contributed by atoms with E-state index >= 15 is 0 Å². The summed E-state index contributed by atoms with van der Waals surface area (Å²) in [6, 6.07) is 0.469. The third kappa shape index (κ3) is 2.93. The summed E-state index contributed by atoms with van der Waals surface area (Å²) in [4.78, 5) is 4.73. The van der Waals surface area contributed by atoms with Gasteiger partial charge in [0.1, 0.15) is 5.82 Å². The van der Waals surface area contributed by atoms with Crippen molar-refractivity contribution in [2.45, 2.75) is 45.6 Å². The zero-order chi connectivity index (χ0) is 13.0. The summed E-state index contributed by atoms with van der Waals surface area (Å²) in [6.07, 6.45) is 4.96. The van der Waals surface area contributed by atoms with Crippen LogP contribution in [0.15, 0.2) is 0 Å². The van der Waals surface area contributed by atoms with Crippen LogP contribution < -0.4 is 5.32 Å². The van der Waals surface area contributed by atoms with Gasteiger partial charge in [0.25, 0.3) is 0 Å². The number of nitrogens with zero attached hydrogens (tertiary/aromatic N) is 2. The van der Waals surface area contributed by atoms with Crippen molar-refractivity contribution in [2.75, 3.05) is 26.8 Å². The molecule has 18 heavy (non-hydrogen) atoms. The fraction of sp³-hybridized carbons (Fsp3) is 0.786. The van der Waals surface area contributed by atoms with Gasteiger partial charge in [-0.05, 0) is 39.5 Å². The molecule has 0 aliphatic heterocycles. The lowest BCUT2D eigenvalue weighted by Crippen LogP contribution is -2.28. The number of methoxy groups -OCH3 is 1. The van der Waals surface area contributed by atoms with Crippen LogP contribution in [0.3, 0.4) is 0 Å². The lowest BCUT2D eigenvalue weighted by Gasteiger charge is -2.21. The van der Waals surface area contributed by atoms with Crippen LogP contribution in [0.1, 0.15) is 43.0 Å². The second-order valence-corrected chi connectivity index (χ2v) is 5.18. The first-order chi connectivity index (χ1) is 8.74. The van der Waals surface area contributed by atoms with Crippen molar-refractivity contribution in [1.29, 1.82) is 0 Å². The zero-order valence-electron chi connectivity index (χ0n) is 11.8. The van der Waals surface area contributed by atoms with Crippen LogP contribution in [0.25, 0.3) is 0 Å². The van der Waals surface area contributed by atoms with E-state index in [1.54, 1.807) is 7.11 Å². The van der Waals surface area contributed by atoms with E-state index in [-0.39, 0.29) is 0 Å². The summed E-state index contributed by atoms with van der Waals surface area (Å²) >= 11 is 0. The van der Waals surface area contributed by atoms with Crippen molar-refractivity contribution in [2.24, 2.45) is 0 Å². The molecule has 0 saturated heterocycles. The van der Waals surface area contributed by atoms with Gasteiger partial charge in [0.2, 0.25) is 0 Å². The van der Waals surface area contributed by atoms with E-state index in [1.165, 1.54) is 36.5 Å². The molecule has 0 amide bonds. The fourth-order valence-electron chi connectivity index (χ4n) is 2.86. The third-order valence-electron chi connectivity index (χ3n) is 3.71. The molecule has 1 N–H and O–H groups in total. The van der Waals surface area contributed by atoms with Gasteiger partial charge in [0, 0.05) is 31.9 Å². The Kier molecular flexibility index (Phi) is 4.78. The predicted molar refractivity (Wildman–Crippen MR) is 73.1 cm³/mol. The van der Waals surface area contributed by atoms with Crippen LogP contribution >= 0.6 is 0 Å². The molecule has 1 atom stereocenters. The summed E-state index contributed by atoms with van der Waals surface area (Å²) in [5.41, 5.74) is 2.81. The molecule has 1 aliphatic carbocycles. The summed E-state index contributed by atoms with van der Waals surface area (Å²) < 4.78 is 7.47. The number of hydrogen-bond donors (Lipinski definition) is 1. The number of fused-ring (bicyclic) bond motifs is 1. The number of hydrogen-bond acceptors (Lipinski definition) is 3. The normalized spacial score (nSPS) is 16.6. The molecule has 0 spiro atoms. The molecule has 1 aromatic heterocycles. The quantitative estimate of drug-likeness (QED) is 0.785. The number of aromatic nitrogens is 2. The lowest BCUT2D eigenvalue weighted by atomic mass is 10.0. The van der Waals surface area contributed by atoms with Gasteiger partial charge in [-0.3, -0.25) is 0 Å². The van der Waals surface area contributed by atoms with Crippen LogP contribution in [-0.2, 0) is 17.6 Å². The third-order valence-corrected chi connectivity index (χ3v) is 3.71. The largest absolute Gasteiger partial charge is 0.383 e. The Hall–Kier alpha value is -0.870. The molecular weight excluding hydrogens is 226 g/mol. The molecule has 0 bridgehead atoms. The van der Waals surface area contributed by atoms with Crippen molar-refractivity contribution in [3.05, 3.63) is 17.2 Å². The van der Waals surface area contributed by atoms with E-state index < -0.39 is 0 Å². The van der Waals surface area contributed by atoms with E-state index in [0.717, 1.165) is 26.1 Å². The second kappa shape index (κ2) is 6.34. The Balaban J connectivity index is 2.00. The van der Waals surface area contributed by atoms with Gasteiger partial charge >= 0.3 is 0 Å². The molecule has 4 nitrogen and oxygen atoms in total. The monoisotopic (exact) mass is 251 g/mol. The van der Waals surface area contributed by atoms with Crippen molar-refractivity contribution in [1.82, 2.24) is 14.9 Å². The molecule has 1 aromatic rings. The molecule has 0 saturated carbocycles. The number of aryl methyl sites for hydroxylation is 2. The smallest absolute Gasteiger partial charge is 0.106 e. The predicted octanol–water partition coefficient (Wildman–Crippen LogP) is 1.87. The summed E-state index contributed by atoms with van der Waals surface area (Å²) in [7, 11) is 1.74. The average molecular weight is 251 g/mol. The van der Waals surface area contributed by atoms with Gasteiger partial charge in [-0.25, -0.2) is 4.98 Å². The Morgan fingerprint density at radius 1 is 1.39 bits per heavy atom. The van der Waals surface area contributed by atoms with Gasteiger partial charge in [0.15, 0.2) is 0 Å². The molecule has 102 valence electrons. The highest BCUT2D eigenvalue weighted by molar-refractivity contribution is 5.20. The van der Waals surface area contributed by atoms with Gasteiger partial charge in [0.05, 0.1) is 12.3 Å². The molecular formula is C14H25N3O. The minimum atomic E-state index is 0.469. The van der Waals surface area contributed by atoms with E-state index in [4.69, 9.17) is 9.72 Å². The van der Waals surface area contributed by atoms with Gasteiger partial charge < -0.3 is 14.6 Å². The van der Waals surface area contributed by atoms with E-state index in [0.29, 0.717) is 6.04 Å². The number of ether oxygens (including phenoxy) is 1. The Morgan fingerprint density at radius 3 is 2.94 bits per heavy atom. The highest BCUT2D eigenvalue weighted by atomic mass is 16.5. The molecule has 1 heterocycles. The molecule has 0 aromatic carbocycles. The minimum absolute atomic E-state index is 0.469. The van der Waals surface area contributed by atoms with E-state index in [1.807, 2.05) is 0 Å². The van der Waals surface area contributed by atoms with Gasteiger partial charge in [-0.1, -0.05) is 0 Å². The van der Waals surface area contributed by atoms with E-state index in [9.17, 15) is 0 Å². The summed E-state index contributed by atoms with van der Waals surface area (Å²) in [6.45, 7) is 7.06. The molecule has 4 heteroatoms. The summed E-state index contributed by atoms with van der Waals surface area (Å²) in [5.74, 6) is 1.17.